The number of alkyl halides is 3. The van der Waals surface area contributed by atoms with Gasteiger partial charge in [0.15, 0.2) is 0 Å². The van der Waals surface area contributed by atoms with Crippen LogP contribution in [0.2, 0.25) is 0 Å². The summed E-state index contributed by atoms with van der Waals surface area (Å²) in [5.74, 6) is 1.55. The fraction of sp³-hybridized carbons (Fsp3) is 0.250. The van der Waals surface area contributed by atoms with Crippen LogP contribution in [0.25, 0.3) is 16.6 Å². The molecule has 2 aromatic heterocycles. The van der Waals surface area contributed by atoms with Crippen molar-refractivity contribution in [2.24, 2.45) is 5.92 Å². The molecule has 3 heterocycles. The molecule has 0 bridgehead atoms. The first kappa shape index (κ1) is 21.8. The van der Waals surface area contributed by atoms with Crippen LogP contribution in [-0.4, -0.2) is 42.9 Å². The maximum absolute atomic E-state index is 12.6. The molecule has 172 valence electrons. The van der Waals surface area contributed by atoms with Crippen molar-refractivity contribution in [1.29, 1.82) is 0 Å². The van der Waals surface area contributed by atoms with Crippen molar-refractivity contribution in [3.8, 4) is 11.5 Å². The Hall–Kier alpha value is -3.03. The number of benzene rings is 1. The van der Waals surface area contributed by atoms with Crippen molar-refractivity contribution in [2.75, 3.05) is 0 Å². The van der Waals surface area contributed by atoms with E-state index in [1.165, 1.54) is 6.20 Å². The van der Waals surface area contributed by atoms with Crippen LogP contribution in [0.1, 0.15) is 18.4 Å². The Morgan fingerprint density at radius 3 is 2.64 bits per heavy atom. The van der Waals surface area contributed by atoms with E-state index in [4.69, 9.17) is 4.65 Å². The summed E-state index contributed by atoms with van der Waals surface area (Å²) in [4.78, 5) is 7.14. The Bertz CT molecular complexity index is 1340. The number of aromatic amines is 1. The second-order valence-corrected chi connectivity index (χ2v) is 9.59. The molecular formula is C20H17BF3N3O5S. The summed E-state index contributed by atoms with van der Waals surface area (Å²) < 4.78 is 74.0. The van der Waals surface area contributed by atoms with Gasteiger partial charge in [-0.05, 0) is 60.6 Å². The van der Waals surface area contributed by atoms with Crippen molar-refractivity contribution in [2.45, 2.75) is 30.1 Å². The molecule has 3 aromatic rings. The van der Waals surface area contributed by atoms with Gasteiger partial charge in [-0.15, -0.1) is 13.2 Å². The average molecular weight is 479 g/mol. The van der Waals surface area contributed by atoms with Crippen LogP contribution in [0.5, 0.6) is 11.5 Å². The second-order valence-electron chi connectivity index (χ2n) is 7.87. The third-order valence-electron chi connectivity index (χ3n) is 5.68. The van der Waals surface area contributed by atoms with Gasteiger partial charge in [0.25, 0.3) is 0 Å². The summed E-state index contributed by atoms with van der Waals surface area (Å²) in [5.41, 5.74) is 2.35. The van der Waals surface area contributed by atoms with Gasteiger partial charge in [-0.1, -0.05) is 0 Å². The number of H-pyrrole nitrogens is 1. The van der Waals surface area contributed by atoms with Gasteiger partial charge in [-0.3, -0.25) is 0 Å². The number of fused-ring (bicyclic) bond motifs is 3. The van der Waals surface area contributed by atoms with E-state index >= 15 is 0 Å². The van der Waals surface area contributed by atoms with Crippen LogP contribution in [-0.2, 0) is 10.0 Å². The number of hydrogen-bond donors (Lipinski definition) is 3. The van der Waals surface area contributed by atoms with Crippen molar-refractivity contribution < 1.29 is 36.0 Å². The van der Waals surface area contributed by atoms with Crippen molar-refractivity contribution in [1.82, 2.24) is 14.7 Å². The molecule has 0 amide bonds. The molecule has 5 rings (SSSR count). The zero-order valence-electron chi connectivity index (χ0n) is 16.8. The first-order chi connectivity index (χ1) is 15.6. The largest absolute Gasteiger partial charge is 0.573 e. The van der Waals surface area contributed by atoms with Crippen LogP contribution in [0.4, 0.5) is 13.2 Å². The Balaban J connectivity index is 1.29. The zero-order chi connectivity index (χ0) is 23.4. The highest BCUT2D eigenvalue weighted by Gasteiger charge is 2.39. The summed E-state index contributed by atoms with van der Waals surface area (Å²) in [6, 6.07) is 5.52. The van der Waals surface area contributed by atoms with E-state index in [-0.39, 0.29) is 16.9 Å². The highest BCUT2D eigenvalue weighted by molar-refractivity contribution is 7.89. The van der Waals surface area contributed by atoms with Gasteiger partial charge >= 0.3 is 13.5 Å². The van der Waals surface area contributed by atoms with Crippen molar-refractivity contribution in [3.05, 3.63) is 54.3 Å². The fourth-order valence-corrected chi connectivity index (χ4v) is 5.46. The Morgan fingerprint density at radius 2 is 1.94 bits per heavy atom. The first-order valence-electron chi connectivity index (χ1n) is 10.00. The monoisotopic (exact) mass is 479 g/mol. The number of halogens is 3. The molecular weight excluding hydrogens is 462 g/mol. The second kappa shape index (κ2) is 7.78. The molecule has 1 aromatic carbocycles. The lowest BCUT2D eigenvalue weighted by Gasteiger charge is -2.39. The van der Waals surface area contributed by atoms with Gasteiger partial charge in [-0.2, -0.15) is 0 Å². The molecule has 0 atom stereocenters. The van der Waals surface area contributed by atoms with Gasteiger partial charge in [0.05, 0.1) is 11.1 Å². The van der Waals surface area contributed by atoms with Gasteiger partial charge in [0.2, 0.25) is 10.0 Å². The predicted molar refractivity (Wildman–Crippen MR) is 113 cm³/mol. The molecule has 1 aliphatic heterocycles. The number of aromatic nitrogens is 2. The summed E-state index contributed by atoms with van der Waals surface area (Å²) in [5, 5.41) is 10.9. The number of pyridine rings is 1. The molecule has 1 aliphatic carbocycles. The van der Waals surface area contributed by atoms with E-state index in [1.54, 1.807) is 12.2 Å². The Kier molecular flexibility index (Phi) is 5.14. The lowest BCUT2D eigenvalue weighted by molar-refractivity contribution is -0.274. The van der Waals surface area contributed by atoms with Crippen LogP contribution in [0.3, 0.4) is 0 Å². The third kappa shape index (κ3) is 4.31. The predicted octanol–water partition coefficient (Wildman–Crippen LogP) is 3.01. The molecule has 1 saturated carbocycles. The molecule has 2 aliphatic rings. The molecule has 0 saturated heterocycles. The molecule has 33 heavy (non-hydrogen) atoms. The van der Waals surface area contributed by atoms with Gasteiger partial charge in [0.1, 0.15) is 17.1 Å². The van der Waals surface area contributed by atoms with Crippen LogP contribution >= 0.6 is 0 Å². The maximum atomic E-state index is 12.6. The van der Waals surface area contributed by atoms with Crippen LogP contribution in [0.15, 0.2) is 53.6 Å². The Morgan fingerprint density at radius 1 is 1.21 bits per heavy atom. The Labute approximate surface area is 186 Å². The average Bonchev–Trinajstić information content (AvgIpc) is 3.18. The van der Waals surface area contributed by atoms with Crippen LogP contribution in [0, 0.1) is 5.92 Å². The summed E-state index contributed by atoms with van der Waals surface area (Å²) >= 11 is 0. The molecule has 8 nitrogen and oxygen atoms in total. The maximum Gasteiger partial charge on any atom is 0.573 e. The zero-order valence-corrected chi connectivity index (χ0v) is 17.7. The van der Waals surface area contributed by atoms with E-state index in [1.807, 2.05) is 6.07 Å². The highest BCUT2D eigenvalue weighted by Crippen LogP contribution is 2.46. The number of nitrogens with one attached hydrogen (secondary N) is 2. The van der Waals surface area contributed by atoms with Crippen LogP contribution < -0.4 is 14.1 Å². The number of rotatable bonds is 5. The minimum absolute atomic E-state index is 0.0157. The summed E-state index contributed by atoms with van der Waals surface area (Å²) in [6.07, 6.45) is -0.590. The van der Waals surface area contributed by atoms with Gasteiger partial charge < -0.3 is 19.4 Å². The lowest BCUT2D eigenvalue weighted by atomic mass is 9.68. The number of nitrogens with zero attached hydrogens (tertiary/aromatic N) is 1. The first-order valence-corrected chi connectivity index (χ1v) is 11.5. The quantitative estimate of drug-likeness (QED) is 0.485. The SMILES string of the molecule is O=S(=O)(NC1CC(C2=CB(O)Oc3cnc4[nH]ccc4c32)C1)c1ccc(OC(F)(F)F)cc1. The number of ether oxygens (including phenoxy) is 1. The van der Waals surface area contributed by atoms with E-state index in [0.717, 1.165) is 40.8 Å². The molecule has 0 spiro atoms. The number of hydrogen-bond acceptors (Lipinski definition) is 6. The molecule has 1 fully saturated rings. The number of allylic oxidation sites excluding steroid dienone is 1. The topological polar surface area (TPSA) is 114 Å². The smallest absolute Gasteiger partial charge is 0.531 e. The minimum atomic E-state index is -4.85. The molecule has 0 radical (unpaired) electrons. The van der Waals surface area contributed by atoms with E-state index < -0.39 is 29.3 Å². The van der Waals surface area contributed by atoms with Crippen molar-refractivity contribution >= 4 is 33.7 Å². The standard InChI is InChI=1S/C20H17BF3N3O5S/c22-20(23,24)31-13-1-3-14(4-2-13)33(29,30)27-12-7-11(8-12)16-9-21(28)32-17-10-26-19-15(18(16)17)5-6-25-19/h1-6,9-12,27-28H,7-8H2,(H,25,26). The van der Waals surface area contributed by atoms with Gasteiger partial charge in [-0.25, -0.2) is 18.1 Å². The molecule has 0 unspecified atom stereocenters. The number of sulfonamides is 1. The molecule has 13 heteroatoms. The molecule has 3 N–H and O–H groups in total. The van der Waals surface area contributed by atoms with E-state index in [2.05, 4.69) is 19.4 Å². The van der Waals surface area contributed by atoms with Crippen molar-refractivity contribution in [3.63, 3.8) is 0 Å². The minimum Gasteiger partial charge on any atom is -0.531 e. The summed E-state index contributed by atoms with van der Waals surface area (Å²) in [7, 11) is -5.05. The third-order valence-corrected chi connectivity index (χ3v) is 7.21. The highest BCUT2D eigenvalue weighted by atomic mass is 32.2. The lowest BCUT2D eigenvalue weighted by Crippen LogP contribution is -2.45. The van der Waals surface area contributed by atoms with Gasteiger partial charge in [0, 0.05) is 23.2 Å². The normalized spacial score (nSPS) is 20.6. The summed E-state index contributed by atoms with van der Waals surface area (Å²) in [6.45, 7) is 0. The van der Waals surface area contributed by atoms with E-state index in [9.17, 15) is 26.6 Å². The van der Waals surface area contributed by atoms with E-state index in [0.29, 0.717) is 24.2 Å². The fourth-order valence-electron chi connectivity index (χ4n) is 4.19.